The van der Waals surface area contributed by atoms with Crippen LogP contribution in [0.1, 0.15) is 14.6 Å². The van der Waals surface area contributed by atoms with E-state index in [1.807, 2.05) is 0 Å². The molecular weight excluding hydrogens is 505 g/mol. The summed E-state index contributed by atoms with van der Waals surface area (Å²) >= 11 is 5.35. The van der Waals surface area contributed by atoms with Crippen molar-refractivity contribution in [2.24, 2.45) is 0 Å². The zero-order valence-electron chi connectivity index (χ0n) is 21.0. The highest BCUT2D eigenvalue weighted by atomic mass is 32.1. The molecule has 3 aromatic heterocycles. The molecule has 168 valence electrons. The third kappa shape index (κ3) is 5.41. The van der Waals surface area contributed by atoms with E-state index in [4.69, 9.17) is 0 Å². The van der Waals surface area contributed by atoms with Crippen LogP contribution in [0.15, 0.2) is 16.1 Å². The van der Waals surface area contributed by atoms with Gasteiger partial charge in [-0.3, -0.25) is 0 Å². The minimum Gasteiger partial charge on any atom is -0.151 e. The van der Waals surface area contributed by atoms with E-state index in [1.54, 1.807) is 34.0 Å². The highest BCUT2D eigenvalue weighted by Gasteiger charge is 2.21. The van der Waals surface area contributed by atoms with Gasteiger partial charge >= 0.3 is 0 Å². The molecule has 0 saturated heterocycles. The second-order valence-electron chi connectivity index (χ2n) is 11.6. The monoisotopic (exact) mass is 534 g/mol. The van der Waals surface area contributed by atoms with Crippen LogP contribution in [0.2, 0.25) is 58.9 Å². The SMILES string of the molecule is C[Si](C)(C)C#Cc1scc2c1c1cscc1c1c(C#C[Si](C)(C)C)sc(C#C[Si](C)(C)C)c21. The van der Waals surface area contributed by atoms with E-state index in [0.29, 0.717) is 0 Å². The maximum atomic E-state index is 3.62. The van der Waals surface area contributed by atoms with Gasteiger partial charge in [-0.25, -0.2) is 0 Å². The standard InChI is InChI=1S/C27H30S3Si3/c1-31(2,3)13-10-22-25-19-16-28-17-20(19)26-23(11-14-32(4,5)6)30-24(12-15-33(7,8)9)27(26)21(25)18-29-22/h16-18H,1-9H3. The molecule has 0 aliphatic carbocycles. The molecule has 0 unspecified atom stereocenters. The molecule has 0 saturated carbocycles. The fourth-order valence-electron chi connectivity index (χ4n) is 3.44. The number of hydrogen-bond donors (Lipinski definition) is 0. The second-order valence-corrected chi connectivity index (χ2v) is 28.5. The highest BCUT2D eigenvalue weighted by molar-refractivity contribution is 7.16. The van der Waals surface area contributed by atoms with E-state index < -0.39 is 24.2 Å². The molecule has 0 amide bonds. The van der Waals surface area contributed by atoms with Gasteiger partial charge in [0.1, 0.15) is 24.2 Å². The van der Waals surface area contributed by atoms with Gasteiger partial charge in [-0.15, -0.1) is 39.3 Å². The number of benzene rings is 1. The summed E-state index contributed by atoms with van der Waals surface area (Å²) in [7, 11) is -4.45. The minimum atomic E-state index is -1.50. The third-order valence-corrected chi connectivity index (χ3v) is 10.1. The van der Waals surface area contributed by atoms with E-state index in [9.17, 15) is 0 Å². The third-order valence-electron chi connectivity index (χ3n) is 4.82. The largest absolute Gasteiger partial charge is 0.151 e. The maximum absolute atomic E-state index is 3.62. The van der Waals surface area contributed by atoms with Crippen LogP contribution in [0.25, 0.3) is 32.3 Å². The number of rotatable bonds is 0. The lowest BCUT2D eigenvalue weighted by atomic mass is 9.99. The van der Waals surface area contributed by atoms with E-state index in [1.165, 1.54) is 46.9 Å². The molecule has 6 heteroatoms. The Morgan fingerprint density at radius 3 is 1.42 bits per heavy atom. The van der Waals surface area contributed by atoms with Crippen LogP contribution >= 0.6 is 34.0 Å². The second kappa shape index (κ2) is 8.58. The minimum absolute atomic E-state index is 1.17. The van der Waals surface area contributed by atoms with E-state index >= 15 is 0 Å². The molecule has 3 heterocycles. The van der Waals surface area contributed by atoms with Crippen molar-refractivity contribution in [3.63, 3.8) is 0 Å². The van der Waals surface area contributed by atoms with Crippen molar-refractivity contribution in [3.8, 4) is 34.4 Å². The quantitative estimate of drug-likeness (QED) is 0.156. The van der Waals surface area contributed by atoms with Crippen LogP contribution in [-0.2, 0) is 0 Å². The molecule has 0 aliphatic heterocycles. The molecule has 4 rings (SSSR count). The summed E-state index contributed by atoms with van der Waals surface area (Å²) in [5.41, 5.74) is 10.8. The molecule has 1 aromatic carbocycles. The van der Waals surface area contributed by atoms with Gasteiger partial charge in [0.15, 0.2) is 0 Å². The number of hydrogen-bond acceptors (Lipinski definition) is 3. The van der Waals surface area contributed by atoms with Gasteiger partial charge in [0.25, 0.3) is 0 Å². The summed E-state index contributed by atoms with van der Waals surface area (Å²) in [6.45, 7) is 20.8. The van der Waals surface area contributed by atoms with Crippen LogP contribution in [-0.4, -0.2) is 24.2 Å². The van der Waals surface area contributed by atoms with E-state index in [2.05, 4.69) is 109 Å². The van der Waals surface area contributed by atoms with Gasteiger partial charge in [-0.1, -0.05) is 76.7 Å². The molecule has 0 fully saturated rings. The van der Waals surface area contributed by atoms with E-state index in [-0.39, 0.29) is 0 Å². The smallest absolute Gasteiger partial charge is 0.129 e. The molecule has 0 atom stereocenters. The van der Waals surface area contributed by atoms with Crippen molar-refractivity contribution in [1.82, 2.24) is 0 Å². The summed E-state index contributed by atoms with van der Waals surface area (Å²) in [5.74, 6) is 10.8. The maximum Gasteiger partial charge on any atom is 0.129 e. The lowest BCUT2D eigenvalue weighted by Crippen LogP contribution is -2.16. The molecule has 33 heavy (non-hydrogen) atoms. The van der Waals surface area contributed by atoms with Crippen molar-refractivity contribution in [1.29, 1.82) is 0 Å². The Morgan fingerprint density at radius 1 is 0.515 bits per heavy atom. The average Bonchev–Trinajstić information content (AvgIpc) is 3.36. The molecule has 4 aromatic rings. The Bertz CT molecular complexity index is 1570. The van der Waals surface area contributed by atoms with Gasteiger partial charge in [0.2, 0.25) is 0 Å². The molecule has 0 nitrogen and oxygen atoms in total. The summed E-state index contributed by atoms with van der Waals surface area (Å²) in [5, 5.41) is 14.8. The Labute approximate surface area is 213 Å². The fraction of sp³-hybridized carbons (Fsp3) is 0.333. The van der Waals surface area contributed by atoms with Gasteiger partial charge in [0.05, 0.1) is 14.6 Å². The predicted molar refractivity (Wildman–Crippen MR) is 163 cm³/mol. The van der Waals surface area contributed by atoms with Gasteiger partial charge in [0, 0.05) is 37.7 Å². The average molecular weight is 535 g/mol. The van der Waals surface area contributed by atoms with Gasteiger partial charge in [-0.05, 0) is 10.8 Å². The first-order valence-electron chi connectivity index (χ1n) is 11.2. The van der Waals surface area contributed by atoms with Crippen LogP contribution in [0, 0.1) is 34.4 Å². The summed E-state index contributed by atoms with van der Waals surface area (Å²) in [6, 6.07) is 0. The molecular formula is C27H30S3Si3. The Kier molecular flexibility index (Phi) is 6.38. The number of thiophene rings is 3. The molecule has 0 aliphatic rings. The van der Waals surface area contributed by atoms with Crippen LogP contribution < -0.4 is 0 Å². The number of fused-ring (bicyclic) bond motifs is 6. The topological polar surface area (TPSA) is 0 Å². The Morgan fingerprint density at radius 2 is 0.939 bits per heavy atom. The summed E-state index contributed by atoms with van der Waals surface area (Å²) in [6.07, 6.45) is 0. The van der Waals surface area contributed by atoms with Crippen molar-refractivity contribution < 1.29 is 0 Å². The van der Waals surface area contributed by atoms with Gasteiger partial charge < -0.3 is 0 Å². The summed E-state index contributed by atoms with van der Waals surface area (Å²) in [4.78, 5) is 3.55. The first kappa shape index (κ1) is 24.6. The Hall–Kier alpha value is -1.57. The van der Waals surface area contributed by atoms with Crippen molar-refractivity contribution >= 4 is 90.5 Å². The lowest BCUT2D eigenvalue weighted by molar-refractivity contribution is 1.81. The Balaban J connectivity index is 2.16. The lowest BCUT2D eigenvalue weighted by Gasteiger charge is -2.05. The molecule has 0 bridgehead atoms. The van der Waals surface area contributed by atoms with E-state index in [0.717, 1.165) is 0 Å². The van der Waals surface area contributed by atoms with Crippen molar-refractivity contribution in [2.75, 3.05) is 0 Å². The molecule has 0 spiro atoms. The van der Waals surface area contributed by atoms with Crippen LogP contribution in [0.5, 0.6) is 0 Å². The van der Waals surface area contributed by atoms with Crippen molar-refractivity contribution in [2.45, 2.75) is 58.9 Å². The molecule has 0 N–H and O–H groups in total. The fourth-order valence-corrected chi connectivity index (χ4v) is 8.00. The van der Waals surface area contributed by atoms with Crippen molar-refractivity contribution in [3.05, 3.63) is 30.8 Å². The zero-order valence-corrected chi connectivity index (χ0v) is 26.4. The normalized spacial score (nSPS) is 12.3. The molecule has 0 radical (unpaired) electrons. The zero-order chi connectivity index (χ0) is 24.2. The van der Waals surface area contributed by atoms with Crippen LogP contribution in [0.3, 0.4) is 0 Å². The highest BCUT2D eigenvalue weighted by Crippen LogP contribution is 2.46. The van der Waals surface area contributed by atoms with Crippen LogP contribution in [0.4, 0.5) is 0 Å². The predicted octanol–water partition coefficient (Wildman–Crippen LogP) is 9.02. The first-order chi connectivity index (χ1) is 15.2. The van der Waals surface area contributed by atoms with Gasteiger partial charge in [-0.2, -0.15) is 11.3 Å². The first-order valence-corrected chi connectivity index (χ1v) is 24.3. The summed E-state index contributed by atoms with van der Waals surface area (Å²) < 4.78 is 0.